The van der Waals surface area contributed by atoms with Crippen LogP contribution in [0.25, 0.3) is 11.3 Å². The number of amides is 1. The third-order valence-electron chi connectivity index (χ3n) is 3.88. The van der Waals surface area contributed by atoms with E-state index in [-0.39, 0.29) is 30.2 Å². The summed E-state index contributed by atoms with van der Waals surface area (Å²) < 4.78 is 31.9. The molecule has 7 heteroatoms. The Hall–Kier alpha value is -2.67. The van der Waals surface area contributed by atoms with Crippen molar-refractivity contribution in [3.8, 4) is 11.3 Å². The number of halogens is 2. The van der Waals surface area contributed by atoms with Gasteiger partial charge in [0.1, 0.15) is 17.3 Å². The van der Waals surface area contributed by atoms with Crippen LogP contribution in [-0.2, 0) is 17.8 Å². The highest BCUT2D eigenvalue weighted by molar-refractivity contribution is 7.99. The van der Waals surface area contributed by atoms with Crippen LogP contribution in [0.2, 0.25) is 0 Å². The van der Waals surface area contributed by atoms with Crippen LogP contribution in [0.5, 0.6) is 0 Å². The second-order valence-electron chi connectivity index (χ2n) is 6.57. The normalized spacial score (nSPS) is 11.0. The van der Waals surface area contributed by atoms with Gasteiger partial charge in [-0.25, -0.2) is 8.78 Å². The van der Waals surface area contributed by atoms with Crippen molar-refractivity contribution < 1.29 is 18.1 Å². The lowest BCUT2D eigenvalue weighted by molar-refractivity contribution is -0.120. The molecule has 0 aliphatic carbocycles. The van der Waals surface area contributed by atoms with Crippen molar-refractivity contribution in [3.05, 3.63) is 71.4 Å². The maximum Gasteiger partial charge on any atom is 0.224 e. The molecule has 0 fully saturated rings. The maximum absolute atomic E-state index is 13.8. The number of benzene rings is 2. The van der Waals surface area contributed by atoms with Gasteiger partial charge in [0.25, 0.3) is 0 Å². The third-order valence-corrected chi connectivity index (χ3v) is 4.90. The van der Waals surface area contributed by atoms with E-state index in [1.807, 2.05) is 24.3 Å². The van der Waals surface area contributed by atoms with Crippen LogP contribution in [0.3, 0.4) is 0 Å². The van der Waals surface area contributed by atoms with Gasteiger partial charge in [0.2, 0.25) is 5.91 Å². The zero-order valence-corrected chi connectivity index (χ0v) is 16.4. The van der Waals surface area contributed by atoms with Crippen molar-refractivity contribution in [3.63, 3.8) is 0 Å². The highest BCUT2D eigenvalue weighted by Crippen LogP contribution is 2.24. The van der Waals surface area contributed by atoms with Crippen molar-refractivity contribution in [2.24, 2.45) is 0 Å². The molecule has 3 aromatic rings. The summed E-state index contributed by atoms with van der Waals surface area (Å²) in [4.78, 5) is 13.3. The zero-order chi connectivity index (χ0) is 20.1. The first-order valence-corrected chi connectivity index (χ1v) is 9.72. The van der Waals surface area contributed by atoms with Gasteiger partial charge < -0.3 is 9.84 Å². The summed E-state index contributed by atoms with van der Waals surface area (Å²) in [5.41, 5.74) is 1.49. The average Bonchev–Trinajstić information content (AvgIpc) is 3.10. The molecule has 0 unspecified atom stereocenters. The summed E-state index contributed by atoms with van der Waals surface area (Å²) in [5, 5.41) is 7.09. The molecule has 4 nitrogen and oxygen atoms in total. The molecular formula is C21H20F2N2O2S. The fourth-order valence-corrected chi connectivity index (χ4v) is 3.44. The topological polar surface area (TPSA) is 55.1 Å². The van der Waals surface area contributed by atoms with Gasteiger partial charge in [-0.2, -0.15) is 0 Å². The van der Waals surface area contributed by atoms with Crippen LogP contribution < -0.4 is 5.32 Å². The van der Waals surface area contributed by atoms with Crippen LogP contribution in [0.1, 0.15) is 25.1 Å². The Labute approximate surface area is 166 Å². The van der Waals surface area contributed by atoms with Gasteiger partial charge >= 0.3 is 0 Å². The summed E-state index contributed by atoms with van der Waals surface area (Å²) in [6.45, 7) is 4.42. The molecule has 3 rings (SSSR count). The molecule has 0 bridgehead atoms. The number of hydrogen-bond donors (Lipinski definition) is 1. The monoisotopic (exact) mass is 402 g/mol. The van der Waals surface area contributed by atoms with Crippen molar-refractivity contribution in [2.75, 3.05) is 0 Å². The van der Waals surface area contributed by atoms with Gasteiger partial charge in [0, 0.05) is 22.3 Å². The Balaban J connectivity index is 1.54. The first kappa shape index (κ1) is 20.1. The zero-order valence-electron chi connectivity index (χ0n) is 15.5. The van der Waals surface area contributed by atoms with E-state index in [9.17, 15) is 13.6 Å². The number of nitrogens with one attached hydrogen (secondary N) is 1. The van der Waals surface area contributed by atoms with E-state index < -0.39 is 11.6 Å². The lowest BCUT2D eigenvalue weighted by Crippen LogP contribution is -2.24. The molecule has 0 atom stereocenters. The molecular weight excluding hydrogens is 382 g/mol. The van der Waals surface area contributed by atoms with Crippen molar-refractivity contribution in [2.45, 2.75) is 37.0 Å². The van der Waals surface area contributed by atoms with Gasteiger partial charge in [-0.1, -0.05) is 31.1 Å². The predicted molar refractivity (Wildman–Crippen MR) is 105 cm³/mol. The summed E-state index contributed by atoms with van der Waals surface area (Å²) in [6, 6.07) is 12.6. The number of hydrogen-bond acceptors (Lipinski definition) is 4. The fourth-order valence-electron chi connectivity index (χ4n) is 2.61. The lowest BCUT2D eigenvalue weighted by Gasteiger charge is -2.06. The molecule has 1 amide bonds. The van der Waals surface area contributed by atoms with Crippen LogP contribution in [0.15, 0.2) is 57.9 Å². The second kappa shape index (κ2) is 9.01. The van der Waals surface area contributed by atoms with E-state index in [1.165, 1.54) is 17.0 Å². The van der Waals surface area contributed by atoms with Crippen molar-refractivity contribution in [1.82, 2.24) is 10.5 Å². The van der Waals surface area contributed by atoms with Crippen LogP contribution >= 0.6 is 11.8 Å². The summed E-state index contributed by atoms with van der Waals surface area (Å²) >= 11 is 1.77. The molecule has 1 heterocycles. The summed E-state index contributed by atoms with van der Waals surface area (Å²) in [6.07, 6.45) is 0.254. The Morgan fingerprint density at radius 1 is 1.14 bits per heavy atom. The molecule has 1 aromatic heterocycles. The number of aromatic nitrogens is 1. The summed E-state index contributed by atoms with van der Waals surface area (Å²) in [5.74, 6) is -1.36. The number of thioether (sulfide) groups is 1. The molecule has 2 aromatic carbocycles. The molecule has 0 aliphatic heterocycles. The minimum Gasteiger partial charge on any atom is -0.356 e. The van der Waals surface area contributed by atoms with E-state index in [2.05, 4.69) is 24.3 Å². The molecule has 1 N–H and O–H groups in total. The number of nitrogens with zero attached hydrogens (tertiary/aromatic N) is 1. The Morgan fingerprint density at radius 3 is 2.57 bits per heavy atom. The Bertz CT molecular complexity index is 955. The van der Waals surface area contributed by atoms with E-state index in [0.717, 1.165) is 17.7 Å². The number of carbonyl (C=O) groups is 1. The third kappa shape index (κ3) is 5.42. The largest absolute Gasteiger partial charge is 0.356 e. The van der Waals surface area contributed by atoms with Crippen LogP contribution in [0, 0.1) is 11.6 Å². The van der Waals surface area contributed by atoms with Gasteiger partial charge in [-0.05, 0) is 29.8 Å². The van der Waals surface area contributed by atoms with Gasteiger partial charge in [-0.3, -0.25) is 4.79 Å². The van der Waals surface area contributed by atoms with E-state index in [1.54, 1.807) is 11.8 Å². The molecule has 0 spiro atoms. The molecule has 28 heavy (non-hydrogen) atoms. The van der Waals surface area contributed by atoms with Gasteiger partial charge in [0.05, 0.1) is 18.5 Å². The fraction of sp³-hybridized carbons (Fsp3) is 0.238. The minimum atomic E-state index is -0.731. The highest BCUT2D eigenvalue weighted by atomic mass is 32.2. The second-order valence-corrected chi connectivity index (χ2v) is 8.22. The SMILES string of the molecule is CC(C)Sc1ccc(CC(=O)NCc2cc(-c3ccc(F)cc3F)on2)cc1. The molecule has 0 aliphatic rings. The van der Waals surface area contributed by atoms with E-state index in [0.29, 0.717) is 10.9 Å². The predicted octanol–water partition coefficient (Wildman–Crippen LogP) is 4.98. The highest BCUT2D eigenvalue weighted by Gasteiger charge is 2.13. The Morgan fingerprint density at radius 2 is 1.89 bits per heavy atom. The van der Waals surface area contributed by atoms with Gasteiger partial charge in [-0.15, -0.1) is 11.8 Å². The standard InChI is InChI=1S/C21H20F2N2O2S/c1-13(2)28-17-6-3-14(4-7-17)9-21(26)24-12-16-11-20(27-25-16)18-8-5-15(22)10-19(18)23/h3-8,10-11,13H,9,12H2,1-2H3,(H,24,26). The van der Waals surface area contributed by atoms with E-state index in [4.69, 9.17) is 4.52 Å². The van der Waals surface area contributed by atoms with Crippen molar-refractivity contribution >= 4 is 17.7 Å². The molecule has 0 saturated heterocycles. The maximum atomic E-state index is 13.8. The van der Waals surface area contributed by atoms with Crippen molar-refractivity contribution in [1.29, 1.82) is 0 Å². The van der Waals surface area contributed by atoms with Gasteiger partial charge in [0.15, 0.2) is 5.76 Å². The number of carbonyl (C=O) groups excluding carboxylic acids is 1. The smallest absolute Gasteiger partial charge is 0.224 e. The van der Waals surface area contributed by atoms with E-state index >= 15 is 0 Å². The molecule has 146 valence electrons. The minimum absolute atomic E-state index is 0.117. The van der Waals surface area contributed by atoms with Crippen LogP contribution in [-0.4, -0.2) is 16.3 Å². The first-order chi connectivity index (χ1) is 13.4. The lowest BCUT2D eigenvalue weighted by atomic mass is 10.1. The quantitative estimate of drug-likeness (QED) is 0.567. The first-order valence-electron chi connectivity index (χ1n) is 8.84. The average molecular weight is 402 g/mol. The Kier molecular flexibility index (Phi) is 6.46. The summed E-state index contributed by atoms with van der Waals surface area (Å²) in [7, 11) is 0. The van der Waals surface area contributed by atoms with Crippen LogP contribution in [0.4, 0.5) is 8.78 Å². The molecule has 0 saturated carbocycles. The molecule has 0 radical (unpaired) electrons. The number of rotatable bonds is 7.